The first-order valence-corrected chi connectivity index (χ1v) is 5.18. The third kappa shape index (κ3) is 2.68. The third-order valence-corrected chi connectivity index (χ3v) is 2.39. The van der Waals surface area contributed by atoms with Crippen LogP contribution in [0.2, 0.25) is 0 Å². The average molecular weight is 243 g/mol. The fourth-order valence-corrected chi connectivity index (χ4v) is 1.64. The Morgan fingerprint density at radius 1 is 1.61 bits per heavy atom. The van der Waals surface area contributed by atoms with Crippen molar-refractivity contribution >= 4 is 12.2 Å². The summed E-state index contributed by atoms with van der Waals surface area (Å²) >= 11 is 0. The topological polar surface area (TPSA) is 94.9 Å². The summed E-state index contributed by atoms with van der Waals surface area (Å²) in [6.07, 6.45) is 1.57. The van der Waals surface area contributed by atoms with Gasteiger partial charge in [0.05, 0.1) is 18.2 Å². The van der Waals surface area contributed by atoms with Crippen LogP contribution in [-0.2, 0) is 6.54 Å². The number of hydrazone groups is 1. The number of nitro groups is 1. The first kappa shape index (κ1) is 11.7. The zero-order chi connectivity index (χ0) is 13.0. The molecule has 1 aromatic rings. The molecule has 0 amide bonds. The normalized spacial score (nSPS) is 15.9. The van der Waals surface area contributed by atoms with Gasteiger partial charge in [-0.15, -0.1) is 0 Å². The Hall–Kier alpha value is -2.75. The van der Waals surface area contributed by atoms with Crippen LogP contribution in [0.25, 0.3) is 0 Å². The number of hydrogen-bond donors (Lipinski definition) is 0. The molecule has 2 rings (SSSR count). The van der Waals surface area contributed by atoms with Crippen molar-refractivity contribution in [1.29, 1.82) is 5.26 Å². The van der Waals surface area contributed by atoms with E-state index >= 15 is 0 Å². The van der Waals surface area contributed by atoms with Gasteiger partial charge in [-0.05, 0) is 17.7 Å². The predicted molar refractivity (Wildman–Crippen MR) is 64.5 cm³/mol. The second-order valence-electron chi connectivity index (χ2n) is 3.64. The van der Waals surface area contributed by atoms with Gasteiger partial charge in [-0.3, -0.25) is 0 Å². The monoisotopic (exact) mass is 243 g/mol. The van der Waals surface area contributed by atoms with Crippen LogP contribution in [0.5, 0.6) is 0 Å². The molecule has 7 heteroatoms. The zero-order valence-corrected chi connectivity index (χ0v) is 9.35. The zero-order valence-electron chi connectivity index (χ0n) is 9.35. The highest BCUT2D eigenvalue weighted by Gasteiger charge is 2.18. The van der Waals surface area contributed by atoms with E-state index in [0.29, 0.717) is 18.7 Å². The standard InChI is InChI=1S/C11H9N5O2/c12-7-9-2-1-3-10(6-9)8-15-5-4-13-11(15)14-16(17)18/h1-4,6H,5,8H2. The number of benzene rings is 1. The van der Waals surface area contributed by atoms with Gasteiger partial charge in [-0.1, -0.05) is 12.1 Å². The summed E-state index contributed by atoms with van der Waals surface area (Å²) in [5.41, 5.74) is 1.44. The van der Waals surface area contributed by atoms with Crippen LogP contribution in [0.4, 0.5) is 0 Å². The lowest BCUT2D eigenvalue weighted by Crippen LogP contribution is -2.26. The van der Waals surface area contributed by atoms with Gasteiger partial charge in [0.25, 0.3) is 5.96 Å². The van der Waals surface area contributed by atoms with Gasteiger partial charge in [0.1, 0.15) is 5.10 Å². The van der Waals surface area contributed by atoms with Gasteiger partial charge in [0.15, 0.2) is 5.03 Å². The van der Waals surface area contributed by atoms with E-state index in [1.54, 1.807) is 29.3 Å². The summed E-state index contributed by atoms with van der Waals surface area (Å²) < 4.78 is 0. The van der Waals surface area contributed by atoms with Gasteiger partial charge in [0.2, 0.25) is 0 Å². The number of rotatable bonds is 3. The molecule has 1 aromatic carbocycles. The Balaban J connectivity index is 2.14. The van der Waals surface area contributed by atoms with Crippen LogP contribution < -0.4 is 0 Å². The molecular formula is C11H9N5O2. The summed E-state index contributed by atoms with van der Waals surface area (Å²) in [7, 11) is 0. The fraction of sp³-hybridized carbons (Fsp3) is 0.182. The molecule has 0 saturated heterocycles. The second-order valence-corrected chi connectivity index (χ2v) is 3.64. The molecule has 7 nitrogen and oxygen atoms in total. The van der Waals surface area contributed by atoms with Crippen LogP contribution in [0.3, 0.4) is 0 Å². The molecule has 0 N–H and O–H groups in total. The number of guanidine groups is 1. The molecule has 0 radical (unpaired) electrons. The maximum Gasteiger partial charge on any atom is 0.297 e. The molecule has 1 aliphatic heterocycles. The van der Waals surface area contributed by atoms with E-state index < -0.39 is 5.03 Å². The number of nitrogens with zero attached hydrogens (tertiary/aromatic N) is 5. The van der Waals surface area contributed by atoms with Gasteiger partial charge in [-0.2, -0.15) is 5.26 Å². The van der Waals surface area contributed by atoms with Crippen molar-refractivity contribution in [2.24, 2.45) is 10.1 Å². The Labute approximate surface area is 103 Å². The lowest BCUT2D eigenvalue weighted by Gasteiger charge is -2.15. The van der Waals surface area contributed by atoms with Gasteiger partial charge < -0.3 is 4.90 Å². The molecular weight excluding hydrogens is 234 g/mol. The molecule has 0 saturated carbocycles. The first-order chi connectivity index (χ1) is 8.69. The van der Waals surface area contributed by atoms with E-state index in [9.17, 15) is 10.1 Å². The smallest absolute Gasteiger partial charge is 0.297 e. The molecule has 1 aliphatic rings. The minimum Gasteiger partial charge on any atom is -0.326 e. The van der Waals surface area contributed by atoms with E-state index in [1.165, 1.54) is 0 Å². The van der Waals surface area contributed by atoms with E-state index in [2.05, 4.69) is 10.1 Å². The lowest BCUT2D eigenvalue weighted by molar-refractivity contribution is -0.485. The van der Waals surface area contributed by atoms with E-state index in [-0.39, 0.29) is 5.96 Å². The van der Waals surface area contributed by atoms with Crippen LogP contribution in [-0.4, -0.2) is 28.7 Å². The maximum absolute atomic E-state index is 10.3. The van der Waals surface area contributed by atoms with Crippen molar-refractivity contribution < 1.29 is 5.03 Å². The van der Waals surface area contributed by atoms with E-state index in [1.807, 2.05) is 12.1 Å². The van der Waals surface area contributed by atoms with Crippen molar-refractivity contribution in [3.05, 3.63) is 45.5 Å². The number of nitriles is 1. The van der Waals surface area contributed by atoms with E-state index in [4.69, 9.17) is 5.26 Å². The van der Waals surface area contributed by atoms with Crippen LogP contribution in [0.15, 0.2) is 34.4 Å². The molecule has 18 heavy (non-hydrogen) atoms. The minimum atomic E-state index is -0.767. The van der Waals surface area contributed by atoms with Crippen LogP contribution in [0.1, 0.15) is 11.1 Å². The Morgan fingerprint density at radius 3 is 3.17 bits per heavy atom. The van der Waals surface area contributed by atoms with Crippen LogP contribution in [0, 0.1) is 21.4 Å². The number of aliphatic imine (C=N–C) groups is 1. The largest absolute Gasteiger partial charge is 0.326 e. The number of hydrogen-bond acceptors (Lipinski definition) is 3. The molecule has 90 valence electrons. The predicted octanol–water partition coefficient (Wildman–Crippen LogP) is 0.992. The summed E-state index contributed by atoms with van der Waals surface area (Å²) in [5, 5.41) is 21.6. The second kappa shape index (κ2) is 5.05. The summed E-state index contributed by atoms with van der Waals surface area (Å²) in [6, 6.07) is 9.11. The van der Waals surface area contributed by atoms with Gasteiger partial charge in [0, 0.05) is 12.8 Å². The van der Waals surface area contributed by atoms with E-state index in [0.717, 1.165) is 5.56 Å². The molecule has 0 aromatic heterocycles. The van der Waals surface area contributed by atoms with Crippen molar-refractivity contribution in [2.45, 2.75) is 6.54 Å². The fourth-order valence-electron chi connectivity index (χ4n) is 1.64. The highest BCUT2D eigenvalue weighted by Crippen LogP contribution is 2.10. The molecule has 1 heterocycles. The molecule has 0 fully saturated rings. The average Bonchev–Trinajstić information content (AvgIpc) is 2.76. The summed E-state index contributed by atoms with van der Waals surface area (Å²) in [4.78, 5) is 15.8. The highest BCUT2D eigenvalue weighted by atomic mass is 16.7. The Kier molecular flexibility index (Phi) is 3.29. The Morgan fingerprint density at radius 2 is 2.44 bits per heavy atom. The Bertz CT molecular complexity index is 573. The summed E-state index contributed by atoms with van der Waals surface area (Å²) in [6.45, 7) is 0.908. The minimum absolute atomic E-state index is 0.0855. The lowest BCUT2D eigenvalue weighted by atomic mass is 10.1. The van der Waals surface area contributed by atoms with Gasteiger partial charge in [-0.25, -0.2) is 15.1 Å². The molecule has 0 aliphatic carbocycles. The summed E-state index contributed by atoms with van der Waals surface area (Å²) in [5.74, 6) is 0.0855. The molecule has 0 spiro atoms. The molecule has 0 atom stereocenters. The van der Waals surface area contributed by atoms with Crippen molar-refractivity contribution in [2.75, 3.05) is 6.54 Å². The van der Waals surface area contributed by atoms with Crippen molar-refractivity contribution in [1.82, 2.24) is 4.90 Å². The molecule has 0 bridgehead atoms. The van der Waals surface area contributed by atoms with Gasteiger partial charge >= 0.3 is 0 Å². The quantitative estimate of drug-likeness (QED) is 0.584. The first-order valence-electron chi connectivity index (χ1n) is 5.18. The SMILES string of the molecule is N#Cc1cccc(CN2CC=NC2=N[N+](=O)[O-])c1. The maximum atomic E-state index is 10.3. The molecule has 0 unspecified atom stereocenters. The highest BCUT2D eigenvalue weighted by molar-refractivity contribution is 5.93. The van der Waals surface area contributed by atoms with Crippen LogP contribution >= 0.6 is 0 Å². The van der Waals surface area contributed by atoms with Crippen molar-refractivity contribution in [3.63, 3.8) is 0 Å². The third-order valence-electron chi connectivity index (χ3n) is 2.39. The van der Waals surface area contributed by atoms with Crippen molar-refractivity contribution in [3.8, 4) is 6.07 Å².